The highest BCUT2D eigenvalue weighted by atomic mass is 14.9. The van der Waals surface area contributed by atoms with Gasteiger partial charge in [0, 0.05) is 16.7 Å². The first-order valence-electron chi connectivity index (χ1n) is 17.7. The Kier molecular flexibility index (Phi) is 7.18. The molecule has 0 amide bonds. The van der Waals surface area contributed by atoms with E-state index >= 15 is 0 Å². The van der Waals surface area contributed by atoms with Gasteiger partial charge in [0.05, 0.1) is 11.4 Å². The zero-order chi connectivity index (χ0) is 34.4. The molecular formula is C50H32N2. The van der Waals surface area contributed by atoms with Crippen LogP contribution in [0, 0.1) is 0 Å². The average molecular weight is 661 g/mol. The van der Waals surface area contributed by atoms with Crippen molar-refractivity contribution in [2.45, 2.75) is 0 Å². The summed E-state index contributed by atoms with van der Waals surface area (Å²) in [6, 6.07) is 69.1. The molecule has 1 aromatic heterocycles. The normalized spacial score (nSPS) is 11.5. The maximum absolute atomic E-state index is 5.25. The van der Waals surface area contributed by atoms with Gasteiger partial charge < -0.3 is 0 Å². The first-order chi connectivity index (χ1) is 25.8. The highest BCUT2D eigenvalue weighted by molar-refractivity contribution is 6.18. The molecule has 1 aliphatic carbocycles. The predicted molar refractivity (Wildman–Crippen MR) is 217 cm³/mol. The molecule has 0 atom stereocenters. The number of benzene rings is 8. The third kappa shape index (κ3) is 5.12. The fraction of sp³-hybridized carbons (Fsp3) is 0. The molecule has 2 heteroatoms. The van der Waals surface area contributed by atoms with Crippen LogP contribution >= 0.6 is 0 Å². The van der Waals surface area contributed by atoms with Crippen LogP contribution in [0.1, 0.15) is 0 Å². The molecule has 0 fully saturated rings. The largest absolute Gasteiger partial charge is 0.228 e. The Labute approximate surface area is 303 Å². The second-order valence-electron chi connectivity index (χ2n) is 13.3. The maximum Gasteiger partial charge on any atom is 0.160 e. The standard InChI is InChI=1S/C50H32N2/c1-3-13-33(14-4-1)37-17-11-18-38(31-37)50-51-47(36-15-5-2-6-16-36)32-48(52-50)43-22-10-7-19-39(43)34-25-27-35(28-26-34)40-29-30-46-42-21-9-8-20-41(42)45-24-12-23-44(40)49(45)46/h1-32H. The number of hydrogen-bond donors (Lipinski definition) is 0. The summed E-state index contributed by atoms with van der Waals surface area (Å²) in [7, 11) is 0. The summed E-state index contributed by atoms with van der Waals surface area (Å²) in [5.74, 6) is 0.702. The van der Waals surface area contributed by atoms with Crippen molar-refractivity contribution in [1.82, 2.24) is 9.97 Å². The molecule has 52 heavy (non-hydrogen) atoms. The van der Waals surface area contributed by atoms with Gasteiger partial charge >= 0.3 is 0 Å². The van der Waals surface area contributed by atoms with Crippen molar-refractivity contribution in [1.29, 1.82) is 0 Å². The third-order valence-electron chi connectivity index (χ3n) is 10.3. The quantitative estimate of drug-likeness (QED) is 0.177. The van der Waals surface area contributed by atoms with Crippen LogP contribution in [0.5, 0.6) is 0 Å². The highest BCUT2D eigenvalue weighted by Gasteiger charge is 2.22. The van der Waals surface area contributed by atoms with Gasteiger partial charge in [-0.2, -0.15) is 0 Å². The smallest absolute Gasteiger partial charge is 0.160 e. The molecule has 8 aromatic carbocycles. The molecule has 0 aliphatic heterocycles. The van der Waals surface area contributed by atoms with Gasteiger partial charge in [-0.15, -0.1) is 0 Å². The topological polar surface area (TPSA) is 25.8 Å². The molecular weight excluding hydrogens is 629 g/mol. The van der Waals surface area contributed by atoms with Crippen LogP contribution in [-0.2, 0) is 0 Å². The molecule has 1 aliphatic rings. The lowest BCUT2D eigenvalue weighted by Crippen LogP contribution is -1.97. The molecule has 0 bridgehead atoms. The minimum atomic E-state index is 0.702. The van der Waals surface area contributed by atoms with E-state index in [1.807, 2.05) is 12.1 Å². The number of hydrogen-bond acceptors (Lipinski definition) is 2. The summed E-state index contributed by atoms with van der Waals surface area (Å²) in [4.78, 5) is 10.4. The summed E-state index contributed by atoms with van der Waals surface area (Å²) < 4.78 is 0. The molecule has 0 N–H and O–H groups in total. The molecule has 9 aromatic rings. The molecule has 0 saturated heterocycles. The van der Waals surface area contributed by atoms with Gasteiger partial charge in [0.2, 0.25) is 0 Å². The van der Waals surface area contributed by atoms with Gasteiger partial charge in [-0.25, -0.2) is 9.97 Å². The van der Waals surface area contributed by atoms with Crippen LogP contribution in [-0.4, -0.2) is 9.97 Å². The van der Waals surface area contributed by atoms with Crippen LogP contribution in [0.3, 0.4) is 0 Å². The molecule has 2 nitrogen and oxygen atoms in total. The van der Waals surface area contributed by atoms with Gasteiger partial charge in [0.1, 0.15) is 0 Å². The van der Waals surface area contributed by atoms with E-state index in [2.05, 4.69) is 182 Å². The molecule has 10 rings (SSSR count). The molecule has 1 heterocycles. The van der Waals surface area contributed by atoms with Crippen molar-refractivity contribution in [3.63, 3.8) is 0 Å². The zero-order valence-corrected chi connectivity index (χ0v) is 28.4. The summed E-state index contributed by atoms with van der Waals surface area (Å²) in [6.45, 7) is 0. The Balaban J connectivity index is 1.07. The van der Waals surface area contributed by atoms with Crippen LogP contribution in [0.2, 0.25) is 0 Å². The minimum absolute atomic E-state index is 0.702. The second-order valence-corrected chi connectivity index (χ2v) is 13.3. The van der Waals surface area contributed by atoms with E-state index in [0.29, 0.717) is 5.82 Å². The van der Waals surface area contributed by atoms with E-state index < -0.39 is 0 Å². The van der Waals surface area contributed by atoms with E-state index in [4.69, 9.17) is 9.97 Å². The SMILES string of the molecule is c1ccc(-c2cccc(-c3nc(-c4ccccc4)cc(-c4ccccc4-c4ccc(-c5ccc6c7c(cccc57)-c5ccccc5-6)cc4)n3)c2)cc1. The van der Waals surface area contributed by atoms with Crippen molar-refractivity contribution in [2.75, 3.05) is 0 Å². The number of aromatic nitrogens is 2. The van der Waals surface area contributed by atoms with Crippen molar-refractivity contribution < 1.29 is 0 Å². The van der Waals surface area contributed by atoms with E-state index in [9.17, 15) is 0 Å². The predicted octanol–water partition coefficient (Wildman–Crippen LogP) is 13.3. The minimum Gasteiger partial charge on any atom is -0.228 e. The Hall–Kier alpha value is -6.90. The third-order valence-corrected chi connectivity index (χ3v) is 10.3. The van der Waals surface area contributed by atoms with E-state index in [0.717, 1.165) is 44.8 Å². The molecule has 242 valence electrons. The monoisotopic (exact) mass is 660 g/mol. The lowest BCUT2D eigenvalue weighted by atomic mass is 9.92. The Morgan fingerprint density at radius 1 is 0.250 bits per heavy atom. The van der Waals surface area contributed by atoms with Gasteiger partial charge in [0.25, 0.3) is 0 Å². The molecule has 0 unspecified atom stereocenters. The highest BCUT2D eigenvalue weighted by Crippen LogP contribution is 2.49. The number of nitrogens with zero attached hydrogens (tertiary/aromatic N) is 2. The molecule has 0 radical (unpaired) electrons. The van der Waals surface area contributed by atoms with Gasteiger partial charge in [-0.1, -0.05) is 182 Å². The van der Waals surface area contributed by atoms with E-state index in [1.165, 1.54) is 49.7 Å². The lowest BCUT2D eigenvalue weighted by Gasteiger charge is -2.14. The number of rotatable bonds is 6. The van der Waals surface area contributed by atoms with Crippen molar-refractivity contribution in [3.8, 4) is 89.5 Å². The average Bonchev–Trinajstić information content (AvgIpc) is 3.56. The van der Waals surface area contributed by atoms with Gasteiger partial charge in [-0.05, 0) is 78.5 Å². The second kappa shape index (κ2) is 12.5. The Morgan fingerprint density at radius 2 is 0.750 bits per heavy atom. The molecule has 0 saturated carbocycles. The lowest BCUT2D eigenvalue weighted by molar-refractivity contribution is 1.18. The van der Waals surface area contributed by atoms with Crippen molar-refractivity contribution >= 4 is 10.8 Å². The fourth-order valence-electron chi connectivity index (χ4n) is 7.79. The first kappa shape index (κ1) is 30.0. The summed E-state index contributed by atoms with van der Waals surface area (Å²) in [5, 5.41) is 2.64. The van der Waals surface area contributed by atoms with Crippen LogP contribution in [0.25, 0.3) is 100 Å². The first-order valence-corrected chi connectivity index (χ1v) is 17.7. The number of fused-ring (bicyclic) bond motifs is 3. The Morgan fingerprint density at radius 3 is 1.48 bits per heavy atom. The van der Waals surface area contributed by atoms with Crippen LogP contribution in [0.15, 0.2) is 194 Å². The van der Waals surface area contributed by atoms with Crippen molar-refractivity contribution in [2.24, 2.45) is 0 Å². The van der Waals surface area contributed by atoms with E-state index in [1.54, 1.807) is 0 Å². The Bertz CT molecular complexity index is 2740. The summed E-state index contributed by atoms with van der Waals surface area (Å²) in [5.41, 5.74) is 17.2. The summed E-state index contributed by atoms with van der Waals surface area (Å²) >= 11 is 0. The van der Waals surface area contributed by atoms with E-state index in [-0.39, 0.29) is 0 Å². The van der Waals surface area contributed by atoms with Gasteiger partial charge in [0.15, 0.2) is 5.82 Å². The van der Waals surface area contributed by atoms with Crippen LogP contribution < -0.4 is 0 Å². The van der Waals surface area contributed by atoms with Crippen LogP contribution in [0.4, 0.5) is 0 Å². The zero-order valence-electron chi connectivity index (χ0n) is 28.4. The molecule has 0 spiro atoms. The van der Waals surface area contributed by atoms with Crippen molar-refractivity contribution in [3.05, 3.63) is 194 Å². The van der Waals surface area contributed by atoms with Gasteiger partial charge in [-0.3, -0.25) is 0 Å². The summed E-state index contributed by atoms with van der Waals surface area (Å²) in [6.07, 6.45) is 0. The fourth-order valence-corrected chi connectivity index (χ4v) is 7.79. The maximum atomic E-state index is 5.25.